The molecule has 1 aromatic carbocycles. The minimum absolute atomic E-state index is 0.0220. The fraction of sp³-hybridized carbons (Fsp3) is 0.607. The lowest BCUT2D eigenvalue weighted by atomic mass is 9.86. The van der Waals surface area contributed by atoms with E-state index in [0.717, 1.165) is 16.9 Å². The Labute approximate surface area is 497 Å². The third-order valence-corrected chi connectivity index (χ3v) is 15.6. The summed E-state index contributed by atoms with van der Waals surface area (Å²) in [7, 11) is 0. The second-order valence-electron chi connectivity index (χ2n) is 23.4. The molecule has 466 valence electrons. The van der Waals surface area contributed by atoms with Crippen molar-refractivity contribution >= 4 is 65.1 Å². The summed E-state index contributed by atoms with van der Waals surface area (Å²) < 4.78 is 29.2. The van der Waals surface area contributed by atoms with Crippen LogP contribution in [0.25, 0.3) is 0 Å². The van der Waals surface area contributed by atoms with E-state index in [0.29, 0.717) is 75.6 Å². The van der Waals surface area contributed by atoms with E-state index < -0.39 is 48.1 Å². The van der Waals surface area contributed by atoms with E-state index in [1.54, 1.807) is 51.1 Å². The SMILES string of the molecule is CC(=O)O[C@@H](C)/C=C\C(=O)N[C@@H]1C[C@H](C)[C@H](C/C=C(C)/C=C/[C@@H]2C[C@]3(CO3)C[C@@H](CC(=O)N[C@H]3C[C@H](NC(=O)OCc4ccc(NC(=O)[C@H](CCCNC(N)=O)NC(=O)[C@@H](NC(=O)CCCCCN5C(=O)C=CC5=O)C(C)C)cc4)C3)O2)O[C@@H]1C. The number of amides is 10. The van der Waals surface area contributed by atoms with Crippen LogP contribution in [-0.4, -0.2) is 150 Å². The van der Waals surface area contributed by atoms with Crippen LogP contribution in [0, 0.1) is 11.8 Å². The van der Waals surface area contributed by atoms with E-state index in [-0.39, 0.29) is 128 Å². The highest BCUT2D eigenvalue weighted by molar-refractivity contribution is 6.12. The standard InChI is InChI=1S/C61H87N9O15/c1-36(2)56(69-51(72)13-9-8-10-27-70-54(75)24-25-55(70)76)58(78)68-48(12-11-26-63-59(62)79)57(77)65-43-19-17-42(18-20-43)34-81-60(80)66-45-29-44(30-45)64-53(74)31-47-33-61(35-82-61)32-46(85-47)21-14-37(3)15-22-50-38(4)28-49(40(6)84-50)67-52(73)23-16-39(5)83-41(7)71/h14-21,23-25,36,38-40,44-50,56H,8-13,22,26-35H2,1-7H3,(H,64,74)(H,65,77)(H,66,80)(H,67,73)(H,68,78)(H,69,72)(H3,62,63,79)/b21-14+,23-16-,37-15+/t38-,39-,40+,44-,45-,46+,47+,48-,49+,50-,56-,61+/m0/s1. The molecule has 1 aromatic rings. The van der Waals surface area contributed by atoms with Gasteiger partial charge in [0.2, 0.25) is 29.5 Å². The van der Waals surface area contributed by atoms with E-state index >= 15 is 0 Å². The highest BCUT2D eigenvalue weighted by atomic mass is 16.6. The van der Waals surface area contributed by atoms with Crippen molar-refractivity contribution in [1.29, 1.82) is 0 Å². The van der Waals surface area contributed by atoms with Crippen molar-refractivity contribution in [2.45, 2.75) is 205 Å². The second-order valence-corrected chi connectivity index (χ2v) is 23.4. The highest BCUT2D eigenvalue weighted by Gasteiger charge is 2.51. The van der Waals surface area contributed by atoms with Crippen LogP contribution < -0.4 is 43.0 Å². The van der Waals surface area contributed by atoms with Crippen LogP contribution in [0.3, 0.4) is 0 Å². The number of epoxide rings is 1. The summed E-state index contributed by atoms with van der Waals surface area (Å²) >= 11 is 0. The molecule has 5 aliphatic rings. The van der Waals surface area contributed by atoms with E-state index in [1.165, 1.54) is 25.2 Å². The van der Waals surface area contributed by atoms with Gasteiger partial charge in [0, 0.05) is 75.3 Å². The lowest BCUT2D eigenvalue weighted by Gasteiger charge is -2.39. The average Bonchev–Trinajstić information content (AvgIpc) is 2.53. The fourth-order valence-corrected chi connectivity index (χ4v) is 10.7. The zero-order chi connectivity index (χ0) is 61.8. The monoisotopic (exact) mass is 1190 g/mol. The normalized spacial score (nSPS) is 25.6. The molecule has 4 heterocycles. The maximum atomic E-state index is 13.6. The highest BCUT2D eigenvalue weighted by Crippen LogP contribution is 2.43. The summed E-state index contributed by atoms with van der Waals surface area (Å²) in [4.78, 5) is 126. The number of hydrogen-bond acceptors (Lipinski definition) is 15. The third-order valence-electron chi connectivity index (χ3n) is 15.6. The lowest BCUT2D eigenvalue weighted by molar-refractivity contribution is -0.143. The predicted octanol–water partition coefficient (Wildman–Crippen LogP) is 4.46. The van der Waals surface area contributed by atoms with Crippen molar-refractivity contribution in [3.05, 3.63) is 77.9 Å². The molecule has 0 radical (unpaired) electrons. The number of imide groups is 1. The first-order chi connectivity index (χ1) is 40.4. The predicted molar refractivity (Wildman–Crippen MR) is 312 cm³/mol. The number of rotatable bonds is 30. The van der Waals surface area contributed by atoms with Gasteiger partial charge >= 0.3 is 18.1 Å². The van der Waals surface area contributed by atoms with Crippen molar-refractivity contribution in [2.75, 3.05) is 25.0 Å². The smallest absolute Gasteiger partial charge is 0.407 e. The average molecular weight is 1190 g/mol. The van der Waals surface area contributed by atoms with E-state index in [1.807, 2.05) is 26.0 Å². The van der Waals surface area contributed by atoms with Crippen molar-refractivity contribution in [1.82, 2.24) is 36.8 Å². The van der Waals surface area contributed by atoms with Crippen molar-refractivity contribution in [3.8, 4) is 0 Å². The number of alkyl carbamates (subject to hydrolysis) is 1. The number of carbonyl (C=O) groups excluding carboxylic acids is 10. The zero-order valence-electron chi connectivity index (χ0n) is 49.9. The molecule has 0 unspecified atom stereocenters. The number of esters is 1. The van der Waals surface area contributed by atoms with E-state index in [4.69, 9.17) is 29.4 Å². The van der Waals surface area contributed by atoms with Crippen LogP contribution in [0.1, 0.15) is 138 Å². The molecule has 1 spiro atoms. The number of unbranched alkanes of at least 4 members (excludes halogenated alkanes) is 2. The lowest BCUT2D eigenvalue weighted by Crippen LogP contribution is -2.54. The molecule has 10 amide bonds. The number of nitrogens with zero attached hydrogens (tertiary/aromatic N) is 1. The van der Waals surface area contributed by atoms with Gasteiger partial charge in [-0.1, -0.05) is 63.1 Å². The Morgan fingerprint density at radius 3 is 2.20 bits per heavy atom. The van der Waals surface area contributed by atoms with Gasteiger partial charge in [-0.25, -0.2) is 9.59 Å². The van der Waals surface area contributed by atoms with Gasteiger partial charge in [-0.3, -0.25) is 43.3 Å². The Balaban J connectivity index is 0.869. The molecule has 0 bridgehead atoms. The molecule has 1 saturated carbocycles. The van der Waals surface area contributed by atoms with Crippen LogP contribution in [-0.2, 0) is 68.6 Å². The first kappa shape index (κ1) is 66.7. The Bertz CT molecular complexity index is 2650. The minimum atomic E-state index is -1.06. The third kappa shape index (κ3) is 22.5. The summed E-state index contributed by atoms with van der Waals surface area (Å²) in [6.07, 6.45) is 15.8. The number of anilines is 1. The Morgan fingerprint density at radius 1 is 0.824 bits per heavy atom. The van der Waals surface area contributed by atoms with Crippen molar-refractivity contribution in [3.63, 3.8) is 0 Å². The van der Waals surface area contributed by atoms with Crippen LogP contribution >= 0.6 is 0 Å². The van der Waals surface area contributed by atoms with Crippen LogP contribution in [0.15, 0.2) is 72.4 Å². The van der Waals surface area contributed by atoms with Crippen LogP contribution in [0.5, 0.6) is 0 Å². The molecule has 6 rings (SSSR count). The Hall–Kier alpha value is -7.44. The number of benzene rings is 1. The van der Waals surface area contributed by atoms with Gasteiger partial charge < -0.3 is 66.6 Å². The molecule has 4 fully saturated rings. The van der Waals surface area contributed by atoms with Gasteiger partial charge in [-0.05, 0) is 108 Å². The number of carbonyl (C=O) groups is 10. The number of nitrogens with two attached hydrogens (primary N) is 1. The van der Waals surface area contributed by atoms with E-state index in [9.17, 15) is 47.9 Å². The summed E-state index contributed by atoms with van der Waals surface area (Å²) in [6.45, 7) is 13.6. The molecule has 10 atom stereocenters. The molecule has 85 heavy (non-hydrogen) atoms. The van der Waals surface area contributed by atoms with Gasteiger partial charge in [0.1, 0.15) is 24.8 Å². The van der Waals surface area contributed by atoms with Crippen molar-refractivity contribution < 1.29 is 71.6 Å². The molecule has 24 nitrogen and oxygen atoms in total. The molecule has 3 saturated heterocycles. The number of primary amides is 1. The summed E-state index contributed by atoms with van der Waals surface area (Å²) in [5.41, 5.74) is 7.01. The molecular weight excluding hydrogens is 1100 g/mol. The van der Waals surface area contributed by atoms with Gasteiger partial charge in [0.25, 0.3) is 11.8 Å². The molecule has 1 aliphatic carbocycles. The van der Waals surface area contributed by atoms with E-state index in [2.05, 4.69) is 50.2 Å². The minimum Gasteiger partial charge on any atom is -0.459 e. The number of hydrogen-bond donors (Lipinski definition) is 8. The summed E-state index contributed by atoms with van der Waals surface area (Å²) in [5.74, 6) is -3.16. The Morgan fingerprint density at radius 2 is 1.53 bits per heavy atom. The second kappa shape index (κ2) is 32.2. The van der Waals surface area contributed by atoms with Gasteiger partial charge in [0.15, 0.2) is 0 Å². The fourth-order valence-electron chi connectivity index (χ4n) is 10.7. The maximum absolute atomic E-state index is 13.6. The van der Waals surface area contributed by atoms with Crippen molar-refractivity contribution in [2.24, 2.45) is 17.6 Å². The van der Waals surface area contributed by atoms with Gasteiger partial charge in [0.05, 0.1) is 49.1 Å². The largest absolute Gasteiger partial charge is 0.459 e. The van der Waals surface area contributed by atoms with Gasteiger partial charge in [-0.2, -0.15) is 0 Å². The zero-order valence-corrected chi connectivity index (χ0v) is 49.9. The first-order valence-electron chi connectivity index (χ1n) is 29.7. The quantitative estimate of drug-likeness (QED) is 0.0132. The topological polar surface area (TPSA) is 334 Å². The first-order valence-corrected chi connectivity index (χ1v) is 29.7. The van der Waals surface area contributed by atoms with Crippen LogP contribution in [0.2, 0.25) is 0 Å². The summed E-state index contributed by atoms with van der Waals surface area (Å²) in [5, 5.41) is 19.7. The molecular formula is C61H87N9O15. The maximum Gasteiger partial charge on any atom is 0.407 e. The molecule has 0 aromatic heterocycles. The Kier molecular flexibility index (Phi) is 25.2. The summed E-state index contributed by atoms with van der Waals surface area (Å²) in [6, 6.07) is 3.39. The number of allylic oxidation sites excluding steroid dienone is 2. The van der Waals surface area contributed by atoms with Gasteiger partial charge in [-0.15, -0.1) is 0 Å². The number of nitrogens with one attached hydrogen (secondary N) is 7. The number of urea groups is 1. The molecule has 24 heteroatoms. The number of ether oxygens (including phenoxy) is 5. The molecule has 9 N–H and O–H groups in total. The molecule has 4 aliphatic heterocycles. The van der Waals surface area contributed by atoms with Crippen LogP contribution in [0.4, 0.5) is 15.3 Å².